The molecule has 5 heteroatoms. The van der Waals surface area contributed by atoms with Gasteiger partial charge < -0.3 is 10.6 Å². The molecule has 0 bridgehead atoms. The van der Waals surface area contributed by atoms with Gasteiger partial charge in [0.15, 0.2) is 0 Å². The maximum absolute atomic E-state index is 12.0. The molecular weight excluding hydrogens is 292 g/mol. The number of anilines is 1. The summed E-state index contributed by atoms with van der Waals surface area (Å²) in [5, 5.41) is 7.56. The minimum atomic E-state index is -0.0119. The van der Waals surface area contributed by atoms with E-state index in [0.717, 1.165) is 17.7 Å². The zero-order valence-electron chi connectivity index (χ0n) is 11.9. The fourth-order valence-corrected chi connectivity index (χ4v) is 3.72. The third-order valence-corrected chi connectivity index (χ3v) is 5.16. The van der Waals surface area contributed by atoms with Gasteiger partial charge in [0.1, 0.15) is 0 Å². The van der Waals surface area contributed by atoms with Gasteiger partial charge in [-0.25, -0.2) is 0 Å². The van der Waals surface area contributed by atoms with Gasteiger partial charge in [-0.1, -0.05) is 24.1 Å². The molecular formula is C15H21ClN2OS. The van der Waals surface area contributed by atoms with Crippen LogP contribution in [0.2, 0.25) is 5.02 Å². The van der Waals surface area contributed by atoms with Gasteiger partial charge in [-0.05, 0) is 43.7 Å². The molecule has 20 heavy (non-hydrogen) atoms. The van der Waals surface area contributed by atoms with Crippen LogP contribution in [0.5, 0.6) is 0 Å². The average molecular weight is 313 g/mol. The lowest BCUT2D eigenvalue weighted by Crippen LogP contribution is -2.39. The molecule has 3 nitrogen and oxygen atoms in total. The van der Waals surface area contributed by atoms with E-state index in [9.17, 15) is 4.79 Å². The Balaban J connectivity index is 1.85. The van der Waals surface area contributed by atoms with Crippen LogP contribution < -0.4 is 10.6 Å². The Labute approximate surface area is 129 Å². The molecule has 2 N–H and O–H groups in total. The smallest absolute Gasteiger partial charge is 0.238 e. The van der Waals surface area contributed by atoms with Gasteiger partial charge in [0, 0.05) is 22.0 Å². The van der Waals surface area contributed by atoms with Crippen molar-refractivity contribution in [3.05, 3.63) is 28.8 Å². The Morgan fingerprint density at radius 2 is 2.25 bits per heavy atom. The molecule has 1 aromatic rings. The van der Waals surface area contributed by atoms with E-state index in [2.05, 4.69) is 16.9 Å². The van der Waals surface area contributed by atoms with Crippen LogP contribution in [0.3, 0.4) is 0 Å². The molecule has 1 aliphatic carbocycles. The fraction of sp³-hybridized carbons (Fsp3) is 0.533. The molecule has 1 fully saturated rings. The molecule has 0 radical (unpaired) electrons. The number of rotatable bonds is 5. The van der Waals surface area contributed by atoms with Gasteiger partial charge in [0.2, 0.25) is 5.91 Å². The number of aryl methyl sites for hydroxylation is 1. The summed E-state index contributed by atoms with van der Waals surface area (Å²) in [6.07, 6.45) is 5.79. The first-order valence-corrected chi connectivity index (χ1v) is 8.59. The molecule has 2 atom stereocenters. The van der Waals surface area contributed by atoms with Crippen LogP contribution >= 0.6 is 23.4 Å². The number of halogens is 1. The van der Waals surface area contributed by atoms with E-state index in [0.29, 0.717) is 22.9 Å². The lowest BCUT2D eigenvalue weighted by molar-refractivity contribution is -0.115. The quantitative estimate of drug-likeness (QED) is 0.875. The summed E-state index contributed by atoms with van der Waals surface area (Å²) < 4.78 is 0. The second kappa shape index (κ2) is 7.34. The van der Waals surface area contributed by atoms with E-state index in [1.165, 1.54) is 12.8 Å². The summed E-state index contributed by atoms with van der Waals surface area (Å²) in [5.74, 6) is -0.0119. The number of carbonyl (C=O) groups excluding carboxylic acids is 1. The highest BCUT2D eigenvalue weighted by Crippen LogP contribution is 2.28. The summed E-state index contributed by atoms with van der Waals surface area (Å²) in [6.45, 7) is 2.31. The van der Waals surface area contributed by atoms with E-state index in [-0.39, 0.29) is 5.91 Å². The predicted octanol–water partition coefficient (Wildman–Crippen LogP) is 3.46. The number of benzene rings is 1. The molecule has 0 aromatic heterocycles. The van der Waals surface area contributed by atoms with Crippen LogP contribution in [-0.4, -0.2) is 30.0 Å². The normalized spacial score (nSPS) is 21.9. The minimum Gasteiger partial charge on any atom is -0.325 e. The van der Waals surface area contributed by atoms with Crippen molar-refractivity contribution in [2.24, 2.45) is 0 Å². The van der Waals surface area contributed by atoms with Crippen molar-refractivity contribution < 1.29 is 4.79 Å². The number of hydrogen-bond acceptors (Lipinski definition) is 3. The predicted molar refractivity (Wildman–Crippen MR) is 87.8 cm³/mol. The third kappa shape index (κ3) is 4.14. The van der Waals surface area contributed by atoms with E-state index >= 15 is 0 Å². The van der Waals surface area contributed by atoms with Crippen molar-refractivity contribution in [3.63, 3.8) is 0 Å². The summed E-state index contributed by atoms with van der Waals surface area (Å²) in [4.78, 5) is 12.0. The SMILES string of the molecule is CSC1CCCC1NCC(=O)Nc1cc(Cl)ccc1C. The van der Waals surface area contributed by atoms with Crippen LogP contribution in [0, 0.1) is 6.92 Å². The fourth-order valence-electron chi connectivity index (χ4n) is 2.59. The molecule has 110 valence electrons. The minimum absolute atomic E-state index is 0.0119. The maximum atomic E-state index is 12.0. The maximum Gasteiger partial charge on any atom is 0.238 e. The highest BCUT2D eigenvalue weighted by atomic mass is 35.5. The van der Waals surface area contributed by atoms with Gasteiger partial charge in [0.05, 0.1) is 6.54 Å². The van der Waals surface area contributed by atoms with E-state index in [1.807, 2.05) is 30.8 Å². The molecule has 0 spiro atoms. The summed E-state index contributed by atoms with van der Waals surface area (Å²) >= 11 is 7.84. The van der Waals surface area contributed by atoms with Crippen molar-refractivity contribution >= 4 is 35.0 Å². The van der Waals surface area contributed by atoms with E-state index < -0.39 is 0 Å². The number of thioether (sulfide) groups is 1. The molecule has 0 aliphatic heterocycles. The summed E-state index contributed by atoms with van der Waals surface area (Å²) in [6, 6.07) is 5.98. The topological polar surface area (TPSA) is 41.1 Å². The lowest BCUT2D eigenvalue weighted by atomic mass is 10.2. The molecule has 0 saturated heterocycles. The highest BCUT2D eigenvalue weighted by molar-refractivity contribution is 7.99. The van der Waals surface area contributed by atoms with Crippen molar-refractivity contribution in [3.8, 4) is 0 Å². The number of nitrogens with one attached hydrogen (secondary N) is 2. The number of carbonyl (C=O) groups is 1. The van der Waals surface area contributed by atoms with Crippen LogP contribution in [0.15, 0.2) is 18.2 Å². The van der Waals surface area contributed by atoms with Crippen molar-refractivity contribution in [1.29, 1.82) is 0 Å². The molecule has 2 rings (SSSR count). The van der Waals surface area contributed by atoms with Crippen molar-refractivity contribution in [2.75, 3.05) is 18.1 Å². The Kier molecular flexibility index (Phi) is 5.75. The zero-order chi connectivity index (χ0) is 14.5. The van der Waals surface area contributed by atoms with Crippen molar-refractivity contribution in [1.82, 2.24) is 5.32 Å². The summed E-state index contributed by atoms with van der Waals surface area (Å²) in [7, 11) is 0. The van der Waals surface area contributed by atoms with E-state index in [4.69, 9.17) is 11.6 Å². The standard InChI is InChI=1S/C15H21ClN2OS/c1-10-6-7-11(16)8-13(10)18-15(19)9-17-12-4-3-5-14(12)20-2/h6-8,12,14,17H,3-5,9H2,1-2H3,(H,18,19). The third-order valence-electron chi connectivity index (χ3n) is 3.75. The Morgan fingerprint density at radius 1 is 1.45 bits per heavy atom. The molecule has 1 aromatic carbocycles. The molecule has 1 amide bonds. The van der Waals surface area contributed by atoms with Crippen LogP contribution in [0.25, 0.3) is 0 Å². The lowest BCUT2D eigenvalue weighted by Gasteiger charge is -2.19. The van der Waals surface area contributed by atoms with Gasteiger partial charge >= 0.3 is 0 Å². The van der Waals surface area contributed by atoms with Gasteiger partial charge in [-0.3, -0.25) is 4.79 Å². The largest absolute Gasteiger partial charge is 0.325 e. The average Bonchev–Trinajstić information content (AvgIpc) is 2.88. The molecule has 0 heterocycles. The second-order valence-corrected chi connectivity index (χ2v) is 6.71. The summed E-state index contributed by atoms with van der Waals surface area (Å²) in [5.41, 5.74) is 1.81. The van der Waals surface area contributed by atoms with Gasteiger partial charge in [-0.2, -0.15) is 11.8 Å². The molecule has 1 saturated carbocycles. The number of hydrogen-bond donors (Lipinski definition) is 2. The number of amides is 1. The van der Waals surface area contributed by atoms with Crippen LogP contribution in [-0.2, 0) is 4.79 Å². The van der Waals surface area contributed by atoms with Crippen LogP contribution in [0.4, 0.5) is 5.69 Å². The van der Waals surface area contributed by atoms with Gasteiger partial charge in [0.25, 0.3) is 0 Å². The molecule has 1 aliphatic rings. The Hall–Kier alpha value is -0.710. The highest BCUT2D eigenvalue weighted by Gasteiger charge is 2.26. The van der Waals surface area contributed by atoms with Crippen LogP contribution in [0.1, 0.15) is 24.8 Å². The van der Waals surface area contributed by atoms with E-state index in [1.54, 1.807) is 6.07 Å². The first-order chi connectivity index (χ1) is 9.60. The Bertz CT molecular complexity index is 481. The monoisotopic (exact) mass is 312 g/mol. The first kappa shape index (κ1) is 15.7. The Morgan fingerprint density at radius 3 is 3.00 bits per heavy atom. The van der Waals surface area contributed by atoms with Crippen molar-refractivity contribution in [2.45, 2.75) is 37.5 Å². The second-order valence-electron chi connectivity index (χ2n) is 5.20. The first-order valence-electron chi connectivity index (χ1n) is 6.92. The molecule has 2 unspecified atom stereocenters. The zero-order valence-corrected chi connectivity index (χ0v) is 13.5. The van der Waals surface area contributed by atoms with Gasteiger partial charge in [-0.15, -0.1) is 0 Å².